The van der Waals surface area contributed by atoms with E-state index in [1.54, 1.807) is 18.5 Å². The Labute approximate surface area is 170 Å². The van der Waals surface area contributed by atoms with E-state index in [9.17, 15) is 9.59 Å². The van der Waals surface area contributed by atoms with E-state index in [1.165, 1.54) is 21.8 Å². The van der Waals surface area contributed by atoms with Gasteiger partial charge >= 0.3 is 0 Å². The molecule has 3 rings (SSSR count). The summed E-state index contributed by atoms with van der Waals surface area (Å²) in [6, 6.07) is 15.3. The molecule has 0 atom stereocenters. The van der Waals surface area contributed by atoms with E-state index in [0.717, 1.165) is 15.0 Å². The summed E-state index contributed by atoms with van der Waals surface area (Å²) in [5.74, 6) is -0.557. The summed E-state index contributed by atoms with van der Waals surface area (Å²) in [6.07, 6.45) is 0. The quantitative estimate of drug-likeness (QED) is 0.626. The number of nitrogens with one attached hydrogen (secondary N) is 1. The first-order valence-electron chi connectivity index (χ1n) is 8.26. The maximum Gasteiger partial charge on any atom is 0.273 e. The van der Waals surface area contributed by atoms with Gasteiger partial charge in [-0.25, -0.2) is 4.98 Å². The Balaban J connectivity index is 1.64. The van der Waals surface area contributed by atoms with E-state index in [-0.39, 0.29) is 18.4 Å². The van der Waals surface area contributed by atoms with Crippen LogP contribution in [0.3, 0.4) is 0 Å². The number of amides is 2. The molecule has 7 heteroatoms. The molecular formula is C20H18BrN3O2S. The lowest BCUT2D eigenvalue weighted by molar-refractivity contribution is -0.116. The van der Waals surface area contributed by atoms with E-state index >= 15 is 0 Å². The molecule has 0 fully saturated rings. The lowest BCUT2D eigenvalue weighted by Crippen LogP contribution is -2.35. The highest BCUT2D eigenvalue weighted by atomic mass is 79.9. The van der Waals surface area contributed by atoms with E-state index < -0.39 is 0 Å². The topological polar surface area (TPSA) is 62.3 Å². The second-order valence-electron chi connectivity index (χ2n) is 6.09. The standard InChI is InChI=1S/C20H18BrN3O2S/c1-13-7-9-14(10-8-13)19-23-17(12-27-19)20(26)24(2)11-18(25)22-16-6-4-3-5-15(16)21/h3-10,12H,11H2,1-2H3,(H,22,25). The lowest BCUT2D eigenvalue weighted by atomic mass is 10.2. The Morgan fingerprint density at radius 3 is 2.56 bits per heavy atom. The molecule has 5 nitrogen and oxygen atoms in total. The minimum atomic E-state index is -0.285. The number of nitrogens with zero attached hydrogens (tertiary/aromatic N) is 2. The molecule has 0 saturated carbocycles. The normalized spacial score (nSPS) is 10.5. The zero-order valence-electron chi connectivity index (χ0n) is 14.9. The van der Waals surface area contributed by atoms with Crippen LogP contribution >= 0.6 is 27.3 Å². The van der Waals surface area contributed by atoms with Crippen LogP contribution in [-0.2, 0) is 4.79 Å². The summed E-state index contributed by atoms with van der Waals surface area (Å²) in [5.41, 5.74) is 3.15. The Kier molecular flexibility index (Phi) is 6.03. The number of carbonyl (C=O) groups excluding carboxylic acids is 2. The molecule has 1 N–H and O–H groups in total. The van der Waals surface area contributed by atoms with Gasteiger partial charge in [0.2, 0.25) is 5.91 Å². The number of thiazole rings is 1. The zero-order valence-corrected chi connectivity index (χ0v) is 17.3. The van der Waals surface area contributed by atoms with Gasteiger partial charge in [-0.05, 0) is 35.0 Å². The fourth-order valence-electron chi connectivity index (χ4n) is 2.44. The highest BCUT2D eigenvalue weighted by Gasteiger charge is 2.18. The first kappa shape index (κ1) is 19.3. The average molecular weight is 444 g/mol. The van der Waals surface area contributed by atoms with Crippen LogP contribution in [0.1, 0.15) is 16.1 Å². The average Bonchev–Trinajstić information content (AvgIpc) is 3.13. The maximum absolute atomic E-state index is 12.6. The molecule has 1 aromatic heterocycles. The summed E-state index contributed by atoms with van der Waals surface area (Å²) in [4.78, 5) is 30.6. The molecule has 0 saturated heterocycles. The van der Waals surface area contributed by atoms with Crippen LogP contribution in [0.15, 0.2) is 58.4 Å². The van der Waals surface area contributed by atoms with Gasteiger partial charge in [0.15, 0.2) is 0 Å². The van der Waals surface area contributed by atoms with Crippen LogP contribution in [0.25, 0.3) is 10.6 Å². The van der Waals surface area contributed by atoms with Crippen molar-refractivity contribution >= 4 is 44.8 Å². The molecule has 2 amide bonds. The van der Waals surface area contributed by atoms with Crippen molar-refractivity contribution in [2.24, 2.45) is 0 Å². The van der Waals surface area contributed by atoms with Crippen LogP contribution in [0.2, 0.25) is 0 Å². The van der Waals surface area contributed by atoms with Crippen molar-refractivity contribution in [2.45, 2.75) is 6.92 Å². The number of hydrogen-bond acceptors (Lipinski definition) is 4. The molecule has 0 aliphatic heterocycles. The molecule has 27 heavy (non-hydrogen) atoms. The molecule has 3 aromatic rings. The number of rotatable bonds is 5. The number of likely N-dealkylation sites (N-methyl/N-ethyl adjacent to an activating group) is 1. The third-order valence-electron chi connectivity index (χ3n) is 3.90. The summed E-state index contributed by atoms with van der Waals surface area (Å²) >= 11 is 4.79. The first-order valence-corrected chi connectivity index (χ1v) is 9.93. The summed E-state index contributed by atoms with van der Waals surface area (Å²) in [5, 5.41) is 5.29. The zero-order chi connectivity index (χ0) is 19.4. The Morgan fingerprint density at radius 1 is 1.15 bits per heavy atom. The van der Waals surface area contributed by atoms with Crippen LogP contribution < -0.4 is 5.32 Å². The smallest absolute Gasteiger partial charge is 0.273 e. The van der Waals surface area contributed by atoms with Gasteiger partial charge in [-0.1, -0.05) is 42.0 Å². The van der Waals surface area contributed by atoms with Gasteiger partial charge < -0.3 is 10.2 Å². The van der Waals surface area contributed by atoms with Gasteiger partial charge in [-0.3, -0.25) is 9.59 Å². The number of aromatic nitrogens is 1. The maximum atomic E-state index is 12.6. The number of anilines is 1. The van der Waals surface area contributed by atoms with Gasteiger partial charge in [0, 0.05) is 22.5 Å². The summed E-state index contributed by atoms with van der Waals surface area (Å²) < 4.78 is 0.787. The number of carbonyl (C=O) groups is 2. The minimum absolute atomic E-state index is 0.0580. The molecule has 0 aliphatic carbocycles. The fraction of sp³-hybridized carbons (Fsp3) is 0.150. The molecule has 2 aromatic carbocycles. The minimum Gasteiger partial charge on any atom is -0.331 e. The van der Waals surface area contributed by atoms with E-state index in [0.29, 0.717) is 11.4 Å². The highest BCUT2D eigenvalue weighted by molar-refractivity contribution is 9.10. The van der Waals surface area contributed by atoms with Crippen LogP contribution in [0.5, 0.6) is 0 Å². The Morgan fingerprint density at radius 2 is 1.85 bits per heavy atom. The number of para-hydroxylation sites is 1. The van der Waals surface area contributed by atoms with Crippen molar-refractivity contribution in [3.8, 4) is 10.6 Å². The third-order valence-corrected chi connectivity index (χ3v) is 5.48. The summed E-state index contributed by atoms with van der Waals surface area (Å²) in [6.45, 7) is 1.96. The predicted molar refractivity (Wildman–Crippen MR) is 112 cm³/mol. The molecule has 1 heterocycles. The lowest BCUT2D eigenvalue weighted by Gasteiger charge is -2.16. The number of benzene rings is 2. The van der Waals surface area contributed by atoms with Crippen molar-refractivity contribution in [1.82, 2.24) is 9.88 Å². The molecule has 0 unspecified atom stereocenters. The van der Waals surface area contributed by atoms with E-state index in [4.69, 9.17) is 0 Å². The van der Waals surface area contributed by atoms with Crippen molar-refractivity contribution in [1.29, 1.82) is 0 Å². The largest absolute Gasteiger partial charge is 0.331 e. The number of aryl methyl sites for hydroxylation is 1. The SMILES string of the molecule is Cc1ccc(-c2nc(C(=O)N(C)CC(=O)Nc3ccccc3Br)cs2)cc1. The van der Waals surface area contributed by atoms with Gasteiger partial charge in [0.25, 0.3) is 5.91 Å². The van der Waals surface area contributed by atoms with E-state index in [1.807, 2.05) is 49.4 Å². The van der Waals surface area contributed by atoms with Crippen molar-refractivity contribution in [3.63, 3.8) is 0 Å². The Bertz CT molecular complexity index is 969. The van der Waals surface area contributed by atoms with Crippen molar-refractivity contribution in [2.75, 3.05) is 18.9 Å². The molecule has 0 bridgehead atoms. The van der Waals surface area contributed by atoms with Crippen LogP contribution in [-0.4, -0.2) is 35.3 Å². The third kappa shape index (κ3) is 4.81. The predicted octanol–water partition coefficient (Wildman–Crippen LogP) is 4.59. The summed E-state index contributed by atoms with van der Waals surface area (Å²) in [7, 11) is 1.59. The number of halogens is 1. The van der Waals surface area contributed by atoms with Gasteiger partial charge in [-0.15, -0.1) is 11.3 Å². The molecular weight excluding hydrogens is 426 g/mol. The molecule has 0 aliphatic rings. The second kappa shape index (κ2) is 8.45. The van der Waals surface area contributed by atoms with Gasteiger partial charge in [-0.2, -0.15) is 0 Å². The van der Waals surface area contributed by atoms with Crippen molar-refractivity contribution < 1.29 is 9.59 Å². The van der Waals surface area contributed by atoms with E-state index in [2.05, 4.69) is 26.2 Å². The number of hydrogen-bond donors (Lipinski definition) is 1. The first-order chi connectivity index (χ1) is 12.9. The van der Waals surface area contributed by atoms with Crippen LogP contribution in [0.4, 0.5) is 5.69 Å². The molecule has 0 radical (unpaired) electrons. The fourth-order valence-corrected chi connectivity index (χ4v) is 3.62. The second-order valence-corrected chi connectivity index (χ2v) is 7.81. The Hall–Kier alpha value is -2.51. The van der Waals surface area contributed by atoms with Gasteiger partial charge in [0.05, 0.1) is 12.2 Å². The molecule has 138 valence electrons. The van der Waals surface area contributed by atoms with Crippen molar-refractivity contribution in [3.05, 3.63) is 69.6 Å². The monoisotopic (exact) mass is 443 g/mol. The highest BCUT2D eigenvalue weighted by Crippen LogP contribution is 2.24. The van der Waals surface area contributed by atoms with Gasteiger partial charge in [0.1, 0.15) is 10.7 Å². The molecule has 0 spiro atoms. The van der Waals surface area contributed by atoms with Crippen LogP contribution in [0, 0.1) is 6.92 Å².